The maximum atomic E-state index is 13.4. The third kappa shape index (κ3) is 3.30. The van der Waals surface area contributed by atoms with Gasteiger partial charge >= 0.3 is 5.97 Å². The number of Topliss-reactive ketones (excluding diaryl/α,β-unsaturated/α-hetero) is 1. The Kier molecular flexibility index (Phi) is 4.72. The van der Waals surface area contributed by atoms with Gasteiger partial charge in [0.25, 0.3) is 0 Å². The van der Waals surface area contributed by atoms with Gasteiger partial charge in [-0.3, -0.25) is 4.79 Å². The van der Waals surface area contributed by atoms with E-state index in [2.05, 4.69) is 5.16 Å². The summed E-state index contributed by atoms with van der Waals surface area (Å²) in [7, 11) is 0. The first-order valence-corrected chi connectivity index (χ1v) is 8.87. The highest BCUT2D eigenvalue weighted by atomic mass is 16.6. The van der Waals surface area contributed by atoms with E-state index >= 15 is 0 Å². The van der Waals surface area contributed by atoms with Gasteiger partial charge in [-0.25, -0.2) is 4.79 Å². The molecule has 0 aliphatic carbocycles. The fraction of sp³-hybridized carbons (Fsp3) is 0.0870. The van der Waals surface area contributed by atoms with Crippen molar-refractivity contribution in [2.24, 2.45) is 11.1 Å². The number of ketones is 1. The molecule has 3 aromatic rings. The predicted molar refractivity (Wildman–Crippen MR) is 104 cm³/mol. The summed E-state index contributed by atoms with van der Waals surface area (Å²) in [5.41, 5.74) is 2.53. The molecule has 0 saturated carbocycles. The molecule has 4 rings (SSSR count). The number of rotatable bonds is 5. The zero-order chi connectivity index (χ0) is 19.5. The van der Waals surface area contributed by atoms with Crippen molar-refractivity contribution < 1.29 is 19.5 Å². The van der Waals surface area contributed by atoms with E-state index in [1.807, 2.05) is 48.5 Å². The molecule has 0 fully saturated rings. The van der Waals surface area contributed by atoms with Gasteiger partial charge in [0, 0.05) is 11.1 Å². The number of hydrogen-bond donors (Lipinski definition) is 1. The Morgan fingerprint density at radius 3 is 2.14 bits per heavy atom. The van der Waals surface area contributed by atoms with Gasteiger partial charge in [-0.1, -0.05) is 78.0 Å². The second-order valence-corrected chi connectivity index (χ2v) is 6.51. The summed E-state index contributed by atoms with van der Waals surface area (Å²) in [6.07, 6.45) is -0.572. The van der Waals surface area contributed by atoms with Crippen LogP contribution in [-0.4, -0.2) is 22.6 Å². The van der Waals surface area contributed by atoms with Crippen LogP contribution in [0.4, 0.5) is 0 Å². The Bertz CT molecular complexity index is 1040. The molecule has 28 heavy (non-hydrogen) atoms. The van der Waals surface area contributed by atoms with Crippen molar-refractivity contribution in [3.8, 4) is 0 Å². The molecule has 2 unspecified atom stereocenters. The molecule has 0 spiro atoms. The second kappa shape index (κ2) is 7.48. The number of carboxylic acids is 1. The summed E-state index contributed by atoms with van der Waals surface area (Å²) in [5.74, 6) is -1.83. The van der Waals surface area contributed by atoms with Crippen molar-refractivity contribution in [1.29, 1.82) is 0 Å². The van der Waals surface area contributed by atoms with Gasteiger partial charge in [0.2, 0.25) is 0 Å². The molecule has 1 heterocycles. The van der Waals surface area contributed by atoms with E-state index in [0.29, 0.717) is 16.8 Å². The lowest BCUT2D eigenvalue weighted by Gasteiger charge is -2.18. The molecule has 5 nitrogen and oxygen atoms in total. The lowest BCUT2D eigenvalue weighted by atomic mass is 9.83. The minimum Gasteiger partial charge on any atom is -0.478 e. The van der Waals surface area contributed by atoms with E-state index in [1.165, 1.54) is 12.1 Å². The number of oxime groups is 1. The van der Waals surface area contributed by atoms with Crippen LogP contribution >= 0.6 is 0 Å². The maximum Gasteiger partial charge on any atom is 0.335 e. The number of aromatic carboxylic acids is 1. The summed E-state index contributed by atoms with van der Waals surface area (Å²) in [4.78, 5) is 30.4. The zero-order valence-electron chi connectivity index (χ0n) is 14.9. The highest BCUT2D eigenvalue weighted by molar-refractivity contribution is 6.19. The molecule has 0 bridgehead atoms. The van der Waals surface area contributed by atoms with Crippen molar-refractivity contribution in [2.75, 3.05) is 0 Å². The van der Waals surface area contributed by atoms with Crippen molar-refractivity contribution in [3.63, 3.8) is 0 Å². The highest BCUT2D eigenvalue weighted by Gasteiger charge is 2.41. The highest BCUT2D eigenvalue weighted by Crippen LogP contribution is 2.37. The molecule has 1 N–H and O–H groups in total. The van der Waals surface area contributed by atoms with Gasteiger partial charge in [-0.2, -0.15) is 0 Å². The van der Waals surface area contributed by atoms with Crippen molar-refractivity contribution >= 4 is 17.5 Å². The van der Waals surface area contributed by atoms with E-state index in [4.69, 9.17) is 4.84 Å². The first kappa shape index (κ1) is 17.7. The van der Waals surface area contributed by atoms with E-state index < -0.39 is 18.0 Å². The van der Waals surface area contributed by atoms with Crippen LogP contribution in [0.1, 0.15) is 37.9 Å². The number of carboxylic acid groups (broad SMARTS) is 1. The summed E-state index contributed by atoms with van der Waals surface area (Å²) < 4.78 is 0. The Labute approximate surface area is 161 Å². The number of nitrogens with zero attached hydrogens (tertiary/aromatic N) is 1. The third-order valence-electron chi connectivity index (χ3n) is 4.74. The van der Waals surface area contributed by atoms with Crippen molar-refractivity contribution in [3.05, 3.63) is 107 Å². The number of benzene rings is 3. The van der Waals surface area contributed by atoms with Crippen molar-refractivity contribution in [1.82, 2.24) is 0 Å². The molecular formula is C23H17NO4. The minimum absolute atomic E-state index is 0.119. The zero-order valence-corrected chi connectivity index (χ0v) is 14.9. The lowest BCUT2D eigenvalue weighted by molar-refractivity contribution is 0.0533. The fourth-order valence-electron chi connectivity index (χ4n) is 3.36. The molecule has 5 heteroatoms. The topological polar surface area (TPSA) is 76.0 Å². The molecule has 1 aliphatic rings. The molecule has 3 aromatic carbocycles. The Balaban J connectivity index is 1.78. The molecule has 138 valence electrons. The monoisotopic (exact) mass is 371 g/mol. The molecule has 0 saturated heterocycles. The van der Waals surface area contributed by atoms with E-state index in [-0.39, 0.29) is 11.3 Å². The average Bonchev–Trinajstić information content (AvgIpc) is 3.19. The van der Waals surface area contributed by atoms with Crippen LogP contribution in [0.25, 0.3) is 0 Å². The Hall–Kier alpha value is -3.73. The number of carbonyl (C=O) groups is 2. The summed E-state index contributed by atoms with van der Waals surface area (Å²) >= 11 is 0. The summed E-state index contributed by atoms with van der Waals surface area (Å²) in [6, 6.07) is 24.8. The largest absolute Gasteiger partial charge is 0.478 e. The standard InChI is InChI=1S/C23H17NO4/c25-21(15-8-3-1-4-9-15)19-20(17-12-7-13-18(14-17)23(26)27)24-28-22(19)16-10-5-2-6-11-16/h1-14,19,22H,(H,26,27). The van der Waals surface area contributed by atoms with Crippen LogP contribution in [-0.2, 0) is 4.84 Å². The van der Waals surface area contributed by atoms with Gasteiger partial charge in [-0.05, 0) is 17.7 Å². The lowest BCUT2D eigenvalue weighted by Crippen LogP contribution is -2.27. The van der Waals surface area contributed by atoms with E-state index in [1.54, 1.807) is 24.3 Å². The summed E-state index contributed by atoms with van der Waals surface area (Å²) in [6.45, 7) is 0. The van der Waals surface area contributed by atoms with E-state index in [0.717, 1.165) is 5.56 Å². The van der Waals surface area contributed by atoms with Crippen LogP contribution in [0.3, 0.4) is 0 Å². The van der Waals surface area contributed by atoms with Crippen LogP contribution in [0.2, 0.25) is 0 Å². The van der Waals surface area contributed by atoms with Crippen LogP contribution in [0.15, 0.2) is 90.1 Å². The number of hydrogen-bond acceptors (Lipinski definition) is 4. The molecule has 0 aromatic heterocycles. The quantitative estimate of drug-likeness (QED) is 0.676. The fourth-order valence-corrected chi connectivity index (χ4v) is 3.36. The third-order valence-corrected chi connectivity index (χ3v) is 4.74. The minimum atomic E-state index is -1.04. The first-order chi connectivity index (χ1) is 13.6. The van der Waals surface area contributed by atoms with Gasteiger partial charge in [0.05, 0.1) is 5.56 Å². The Morgan fingerprint density at radius 2 is 1.46 bits per heavy atom. The normalized spacial score (nSPS) is 18.2. The maximum absolute atomic E-state index is 13.4. The van der Waals surface area contributed by atoms with Crippen LogP contribution in [0, 0.1) is 5.92 Å². The van der Waals surface area contributed by atoms with Gasteiger partial charge < -0.3 is 9.94 Å². The van der Waals surface area contributed by atoms with Crippen LogP contribution in [0.5, 0.6) is 0 Å². The molecule has 1 aliphatic heterocycles. The van der Waals surface area contributed by atoms with Crippen molar-refractivity contribution in [2.45, 2.75) is 6.10 Å². The van der Waals surface area contributed by atoms with Crippen LogP contribution < -0.4 is 0 Å². The first-order valence-electron chi connectivity index (χ1n) is 8.87. The Morgan fingerprint density at radius 1 is 0.821 bits per heavy atom. The SMILES string of the molecule is O=C(O)c1cccc(C2=NOC(c3ccccc3)C2C(=O)c2ccccc2)c1. The molecule has 0 amide bonds. The second-order valence-electron chi connectivity index (χ2n) is 6.51. The summed E-state index contributed by atoms with van der Waals surface area (Å²) in [5, 5.41) is 13.5. The average molecular weight is 371 g/mol. The number of carbonyl (C=O) groups excluding carboxylic acids is 1. The van der Waals surface area contributed by atoms with Gasteiger partial charge in [0.1, 0.15) is 11.6 Å². The molecular weight excluding hydrogens is 354 g/mol. The smallest absolute Gasteiger partial charge is 0.335 e. The van der Waals surface area contributed by atoms with Gasteiger partial charge in [0.15, 0.2) is 11.9 Å². The molecule has 2 atom stereocenters. The molecule has 0 radical (unpaired) electrons. The van der Waals surface area contributed by atoms with E-state index in [9.17, 15) is 14.7 Å². The predicted octanol–water partition coefficient (Wildman–Crippen LogP) is 4.36. The van der Waals surface area contributed by atoms with Gasteiger partial charge in [-0.15, -0.1) is 0 Å².